The number of nitrogens with zero attached hydrogens (tertiary/aromatic N) is 1. The van der Waals surface area contributed by atoms with Crippen LogP contribution in [0.3, 0.4) is 0 Å². The van der Waals surface area contributed by atoms with E-state index >= 15 is 0 Å². The van der Waals surface area contributed by atoms with Crippen molar-refractivity contribution >= 4 is 35.0 Å². The molecule has 0 aliphatic carbocycles. The molecule has 2 aromatic rings. The third-order valence-corrected chi connectivity index (χ3v) is 5.11. The fourth-order valence-corrected chi connectivity index (χ4v) is 3.39. The second-order valence-corrected chi connectivity index (χ2v) is 7.46. The van der Waals surface area contributed by atoms with Crippen LogP contribution in [0, 0.1) is 0 Å². The van der Waals surface area contributed by atoms with Crippen molar-refractivity contribution in [3.8, 4) is 11.5 Å². The molecule has 0 spiro atoms. The summed E-state index contributed by atoms with van der Waals surface area (Å²) in [4.78, 5) is 37.8. The van der Waals surface area contributed by atoms with Gasteiger partial charge >= 0.3 is 5.97 Å². The third kappa shape index (κ3) is 5.48. The van der Waals surface area contributed by atoms with Crippen LogP contribution >= 0.6 is 11.8 Å². The molecule has 1 heterocycles. The van der Waals surface area contributed by atoms with Crippen molar-refractivity contribution < 1.29 is 23.9 Å². The molecule has 0 saturated carbocycles. The highest BCUT2D eigenvalue weighted by Gasteiger charge is 2.36. The van der Waals surface area contributed by atoms with Crippen LogP contribution in [-0.4, -0.2) is 34.7 Å². The molecule has 2 aromatic carbocycles. The minimum absolute atomic E-state index is 0.253. The van der Waals surface area contributed by atoms with Gasteiger partial charge in [0, 0.05) is 0 Å². The van der Waals surface area contributed by atoms with Crippen molar-refractivity contribution in [2.45, 2.75) is 26.4 Å². The maximum absolute atomic E-state index is 12.6. The van der Waals surface area contributed by atoms with Gasteiger partial charge in [0.2, 0.25) is 0 Å². The molecule has 0 bridgehead atoms. The summed E-state index contributed by atoms with van der Waals surface area (Å²) in [5.41, 5.74) is 0.714. The Bertz CT molecular complexity index is 941. The molecule has 7 heteroatoms. The zero-order chi connectivity index (χ0) is 20.8. The van der Waals surface area contributed by atoms with Crippen LogP contribution in [0.25, 0.3) is 6.08 Å². The van der Waals surface area contributed by atoms with Gasteiger partial charge in [-0.25, -0.2) is 0 Å². The molecule has 2 amide bonds. The third-order valence-electron chi connectivity index (χ3n) is 4.20. The summed E-state index contributed by atoms with van der Waals surface area (Å²) in [7, 11) is 0. The standard InChI is InChI=1S/C22H21NO5S/c1-3-15(2)27-20(24)14-23-21(25)19(29-22(23)26)13-16-8-7-11-18(12-16)28-17-9-5-4-6-10-17/h4-13,15H,3,14H2,1-2H3/b19-13+/t15-/m0/s1. The highest BCUT2D eigenvalue weighted by Crippen LogP contribution is 2.33. The molecule has 0 aromatic heterocycles. The first-order valence-electron chi connectivity index (χ1n) is 9.24. The van der Waals surface area contributed by atoms with Crippen LogP contribution in [0.15, 0.2) is 59.5 Å². The topological polar surface area (TPSA) is 72.9 Å². The second-order valence-electron chi connectivity index (χ2n) is 6.46. The number of ether oxygens (including phenoxy) is 2. The number of amides is 2. The maximum Gasteiger partial charge on any atom is 0.326 e. The monoisotopic (exact) mass is 411 g/mol. The molecule has 150 valence electrons. The zero-order valence-electron chi connectivity index (χ0n) is 16.2. The molecule has 3 rings (SSSR count). The van der Waals surface area contributed by atoms with E-state index in [0.717, 1.165) is 16.7 Å². The van der Waals surface area contributed by atoms with Crippen molar-refractivity contribution in [2.75, 3.05) is 6.54 Å². The number of carbonyl (C=O) groups is 3. The minimum Gasteiger partial charge on any atom is -0.461 e. The number of esters is 1. The predicted octanol–water partition coefficient (Wildman–Crippen LogP) is 4.86. The lowest BCUT2D eigenvalue weighted by atomic mass is 10.2. The summed E-state index contributed by atoms with van der Waals surface area (Å²) in [5.74, 6) is 0.211. The van der Waals surface area contributed by atoms with Crippen LogP contribution in [0.4, 0.5) is 4.79 Å². The quantitative estimate of drug-likeness (QED) is 0.479. The van der Waals surface area contributed by atoms with Crippen molar-refractivity contribution in [2.24, 2.45) is 0 Å². The van der Waals surface area contributed by atoms with E-state index in [1.54, 1.807) is 31.2 Å². The molecule has 29 heavy (non-hydrogen) atoms. The van der Waals surface area contributed by atoms with E-state index < -0.39 is 17.1 Å². The average molecular weight is 411 g/mol. The number of para-hydroxylation sites is 1. The zero-order valence-corrected chi connectivity index (χ0v) is 17.0. The average Bonchev–Trinajstić information content (AvgIpc) is 2.96. The number of hydrogen-bond donors (Lipinski definition) is 0. The largest absolute Gasteiger partial charge is 0.461 e. The fraction of sp³-hybridized carbons (Fsp3) is 0.227. The van der Waals surface area contributed by atoms with E-state index in [1.807, 2.05) is 43.3 Å². The van der Waals surface area contributed by atoms with Crippen LogP contribution in [0.5, 0.6) is 11.5 Å². The Morgan fingerprint density at radius 1 is 1.10 bits per heavy atom. The summed E-state index contributed by atoms with van der Waals surface area (Å²) in [6.07, 6.45) is 2.02. The molecule has 1 saturated heterocycles. The number of rotatable bonds is 7. The number of carbonyl (C=O) groups excluding carboxylic acids is 3. The molecular formula is C22H21NO5S. The highest BCUT2D eigenvalue weighted by molar-refractivity contribution is 8.18. The summed E-state index contributed by atoms with van der Waals surface area (Å²) >= 11 is 0.803. The van der Waals surface area contributed by atoms with E-state index in [0.29, 0.717) is 23.5 Å². The Labute approximate surface area is 173 Å². The van der Waals surface area contributed by atoms with E-state index in [-0.39, 0.29) is 17.6 Å². The van der Waals surface area contributed by atoms with Gasteiger partial charge in [0.15, 0.2) is 0 Å². The lowest BCUT2D eigenvalue weighted by Crippen LogP contribution is -2.35. The molecular weight excluding hydrogens is 390 g/mol. The van der Waals surface area contributed by atoms with E-state index in [9.17, 15) is 14.4 Å². The van der Waals surface area contributed by atoms with Gasteiger partial charge in [0.25, 0.3) is 11.1 Å². The first-order valence-corrected chi connectivity index (χ1v) is 10.1. The van der Waals surface area contributed by atoms with Gasteiger partial charge in [0.05, 0.1) is 11.0 Å². The molecule has 0 N–H and O–H groups in total. The molecule has 1 aliphatic rings. The summed E-state index contributed by atoms with van der Waals surface area (Å²) in [5, 5.41) is -0.487. The summed E-state index contributed by atoms with van der Waals surface area (Å²) < 4.78 is 10.9. The molecule has 6 nitrogen and oxygen atoms in total. The van der Waals surface area contributed by atoms with Gasteiger partial charge in [-0.15, -0.1) is 0 Å². The summed E-state index contributed by atoms with van der Waals surface area (Å²) in [6, 6.07) is 16.5. The molecule has 1 atom stereocenters. The predicted molar refractivity (Wildman–Crippen MR) is 111 cm³/mol. The first-order chi connectivity index (χ1) is 14.0. The molecule has 1 aliphatic heterocycles. The Morgan fingerprint density at radius 3 is 2.55 bits per heavy atom. The van der Waals surface area contributed by atoms with Crippen LogP contribution in [0.2, 0.25) is 0 Å². The number of thioether (sulfide) groups is 1. The van der Waals surface area contributed by atoms with Crippen LogP contribution < -0.4 is 4.74 Å². The van der Waals surface area contributed by atoms with Gasteiger partial charge in [-0.1, -0.05) is 37.3 Å². The van der Waals surface area contributed by atoms with Crippen molar-refractivity contribution in [3.05, 3.63) is 65.1 Å². The smallest absolute Gasteiger partial charge is 0.326 e. The molecule has 0 unspecified atom stereocenters. The minimum atomic E-state index is -0.596. The maximum atomic E-state index is 12.6. The van der Waals surface area contributed by atoms with E-state index in [2.05, 4.69) is 0 Å². The van der Waals surface area contributed by atoms with Crippen LogP contribution in [0.1, 0.15) is 25.8 Å². The first kappa shape index (κ1) is 20.7. The second kappa shape index (κ2) is 9.43. The van der Waals surface area contributed by atoms with Crippen molar-refractivity contribution in [3.63, 3.8) is 0 Å². The normalized spacial score (nSPS) is 16.2. The van der Waals surface area contributed by atoms with Crippen molar-refractivity contribution in [1.82, 2.24) is 4.90 Å². The highest BCUT2D eigenvalue weighted by atomic mass is 32.2. The number of imide groups is 1. The van der Waals surface area contributed by atoms with E-state index in [4.69, 9.17) is 9.47 Å². The van der Waals surface area contributed by atoms with Crippen molar-refractivity contribution in [1.29, 1.82) is 0 Å². The van der Waals surface area contributed by atoms with Gasteiger partial charge in [-0.05, 0) is 61.0 Å². The van der Waals surface area contributed by atoms with Gasteiger partial charge in [-0.3, -0.25) is 19.3 Å². The molecule has 0 radical (unpaired) electrons. The molecule has 1 fully saturated rings. The SMILES string of the molecule is CC[C@H](C)OC(=O)CN1C(=O)S/C(=C/c2cccc(Oc3ccccc3)c2)C1=O. The fourth-order valence-electron chi connectivity index (χ4n) is 2.55. The van der Waals surface area contributed by atoms with Gasteiger partial charge < -0.3 is 9.47 Å². The Morgan fingerprint density at radius 2 is 1.83 bits per heavy atom. The number of hydrogen-bond acceptors (Lipinski definition) is 6. The Hall–Kier alpha value is -3.06. The van der Waals surface area contributed by atoms with Gasteiger partial charge in [0.1, 0.15) is 18.0 Å². The Kier molecular flexibility index (Phi) is 6.72. The lowest BCUT2D eigenvalue weighted by molar-refractivity contribution is -0.150. The summed E-state index contributed by atoms with van der Waals surface area (Å²) in [6.45, 7) is 3.26. The number of benzene rings is 2. The van der Waals surface area contributed by atoms with E-state index in [1.165, 1.54) is 0 Å². The van der Waals surface area contributed by atoms with Gasteiger partial charge in [-0.2, -0.15) is 0 Å². The lowest BCUT2D eigenvalue weighted by Gasteiger charge is -2.14. The van der Waals surface area contributed by atoms with Crippen LogP contribution in [-0.2, 0) is 14.3 Å². The Balaban J connectivity index is 1.71.